The van der Waals surface area contributed by atoms with Gasteiger partial charge in [0.15, 0.2) is 0 Å². The van der Waals surface area contributed by atoms with E-state index < -0.39 is 0 Å². The standard InChI is InChI=1S/C12H17BrClN/c1-2-15-8-4-3-5-10-6-7-11(13)12(14)9-10/h6-7,9,15H,2-5,8H2,1H3. The van der Waals surface area contributed by atoms with Gasteiger partial charge in [-0.2, -0.15) is 0 Å². The van der Waals surface area contributed by atoms with E-state index in [1.54, 1.807) is 0 Å². The minimum absolute atomic E-state index is 0.805. The van der Waals surface area contributed by atoms with E-state index >= 15 is 0 Å². The maximum Gasteiger partial charge on any atom is 0.0550 e. The molecule has 1 aromatic carbocycles. The third-order valence-corrected chi connectivity index (χ3v) is 3.54. The highest BCUT2D eigenvalue weighted by Crippen LogP contribution is 2.23. The first-order valence-corrected chi connectivity index (χ1v) is 6.55. The molecule has 0 spiro atoms. The second-order valence-electron chi connectivity index (χ2n) is 3.56. The molecule has 0 fully saturated rings. The lowest BCUT2D eigenvalue weighted by Crippen LogP contribution is -2.13. The van der Waals surface area contributed by atoms with Crippen molar-refractivity contribution < 1.29 is 0 Å². The number of rotatable bonds is 6. The molecule has 0 amide bonds. The molecule has 0 heterocycles. The van der Waals surface area contributed by atoms with Gasteiger partial charge in [0.25, 0.3) is 0 Å². The van der Waals surface area contributed by atoms with Gasteiger partial charge in [0.2, 0.25) is 0 Å². The first kappa shape index (κ1) is 13.0. The van der Waals surface area contributed by atoms with Gasteiger partial charge in [0.05, 0.1) is 5.02 Å². The molecule has 1 rings (SSSR count). The fourth-order valence-corrected chi connectivity index (χ4v) is 1.90. The van der Waals surface area contributed by atoms with Crippen molar-refractivity contribution in [3.05, 3.63) is 33.3 Å². The van der Waals surface area contributed by atoms with E-state index in [0.717, 1.165) is 29.0 Å². The second kappa shape index (κ2) is 7.26. The quantitative estimate of drug-likeness (QED) is 0.780. The van der Waals surface area contributed by atoms with Crippen molar-refractivity contribution in [1.82, 2.24) is 5.32 Å². The highest BCUT2D eigenvalue weighted by molar-refractivity contribution is 9.10. The van der Waals surface area contributed by atoms with Gasteiger partial charge in [0, 0.05) is 4.47 Å². The lowest BCUT2D eigenvalue weighted by Gasteiger charge is -2.04. The van der Waals surface area contributed by atoms with Gasteiger partial charge in [-0.15, -0.1) is 0 Å². The van der Waals surface area contributed by atoms with Crippen LogP contribution in [0.15, 0.2) is 22.7 Å². The van der Waals surface area contributed by atoms with E-state index in [0.29, 0.717) is 0 Å². The summed E-state index contributed by atoms with van der Waals surface area (Å²) in [5, 5.41) is 4.13. The molecular weight excluding hydrogens is 273 g/mol. The van der Waals surface area contributed by atoms with Crippen LogP contribution in [0.4, 0.5) is 0 Å². The number of unbranched alkanes of at least 4 members (excludes halogenated alkanes) is 1. The Morgan fingerprint density at radius 3 is 2.80 bits per heavy atom. The number of aryl methyl sites for hydroxylation is 1. The Morgan fingerprint density at radius 1 is 1.33 bits per heavy atom. The summed E-state index contributed by atoms with van der Waals surface area (Å²) in [4.78, 5) is 0. The van der Waals surface area contributed by atoms with E-state index in [2.05, 4.69) is 34.2 Å². The monoisotopic (exact) mass is 289 g/mol. The second-order valence-corrected chi connectivity index (χ2v) is 4.82. The number of halogens is 2. The van der Waals surface area contributed by atoms with Crippen molar-refractivity contribution in [2.75, 3.05) is 13.1 Å². The predicted octanol–water partition coefficient (Wildman–Crippen LogP) is 4.03. The summed E-state index contributed by atoms with van der Waals surface area (Å²) in [6.07, 6.45) is 3.55. The summed E-state index contributed by atoms with van der Waals surface area (Å²) in [6, 6.07) is 6.18. The van der Waals surface area contributed by atoms with Gasteiger partial charge in [0.1, 0.15) is 0 Å². The molecule has 0 aromatic heterocycles. The average molecular weight is 291 g/mol. The lowest BCUT2D eigenvalue weighted by molar-refractivity contribution is 0.641. The van der Waals surface area contributed by atoms with Crippen LogP contribution < -0.4 is 5.32 Å². The molecule has 1 aromatic rings. The fourth-order valence-electron chi connectivity index (χ4n) is 1.45. The van der Waals surface area contributed by atoms with E-state index in [9.17, 15) is 0 Å². The first-order chi connectivity index (χ1) is 7.24. The molecule has 0 radical (unpaired) electrons. The van der Waals surface area contributed by atoms with Crippen molar-refractivity contribution >= 4 is 27.5 Å². The summed E-state index contributed by atoms with van der Waals surface area (Å²) < 4.78 is 0.973. The normalized spacial score (nSPS) is 10.6. The Kier molecular flexibility index (Phi) is 6.30. The molecule has 15 heavy (non-hydrogen) atoms. The minimum Gasteiger partial charge on any atom is -0.317 e. The maximum absolute atomic E-state index is 6.02. The summed E-state index contributed by atoms with van der Waals surface area (Å²) >= 11 is 9.41. The average Bonchev–Trinajstić information content (AvgIpc) is 2.23. The van der Waals surface area contributed by atoms with Crippen molar-refractivity contribution in [1.29, 1.82) is 0 Å². The zero-order chi connectivity index (χ0) is 11.1. The zero-order valence-electron chi connectivity index (χ0n) is 9.02. The zero-order valence-corrected chi connectivity index (χ0v) is 11.4. The lowest BCUT2D eigenvalue weighted by atomic mass is 10.1. The summed E-state index contributed by atoms with van der Waals surface area (Å²) in [6.45, 7) is 4.30. The summed E-state index contributed by atoms with van der Waals surface area (Å²) in [7, 11) is 0. The summed E-state index contributed by atoms with van der Waals surface area (Å²) in [5.41, 5.74) is 1.32. The van der Waals surface area contributed by atoms with Crippen LogP contribution >= 0.6 is 27.5 Å². The predicted molar refractivity (Wildman–Crippen MR) is 70.6 cm³/mol. The van der Waals surface area contributed by atoms with Crippen molar-refractivity contribution in [3.63, 3.8) is 0 Å². The molecule has 1 N–H and O–H groups in total. The van der Waals surface area contributed by atoms with Gasteiger partial charge >= 0.3 is 0 Å². The molecule has 0 unspecified atom stereocenters. The molecule has 0 saturated heterocycles. The number of nitrogens with one attached hydrogen (secondary N) is 1. The molecule has 0 saturated carbocycles. The fraction of sp³-hybridized carbons (Fsp3) is 0.500. The Morgan fingerprint density at radius 2 is 2.13 bits per heavy atom. The molecule has 1 nitrogen and oxygen atoms in total. The van der Waals surface area contributed by atoms with Crippen molar-refractivity contribution in [2.45, 2.75) is 26.2 Å². The third-order valence-electron chi connectivity index (χ3n) is 2.30. The molecule has 84 valence electrons. The Bertz CT molecular complexity index is 302. The van der Waals surface area contributed by atoms with Crippen molar-refractivity contribution in [2.24, 2.45) is 0 Å². The Hall–Kier alpha value is -0.0500. The van der Waals surface area contributed by atoms with Gasteiger partial charge in [-0.3, -0.25) is 0 Å². The van der Waals surface area contributed by atoms with E-state index in [1.165, 1.54) is 18.4 Å². The van der Waals surface area contributed by atoms with Crippen LogP contribution in [0.3, 0.4) is 0 Å². The van der Waals surface area contributed by atoms with Crippen LogP contribution in [-0.2, 0) is 6.42 Å². The SMILES string of the molecule is CCNCCCCc1ccc(Br)c(Cl)c1. The largest absolute Gasteiger partial charge is 0.317 e. The molecule has 0 aliphatic heterocycles. The summed E-state index contributed by atoms with van der Waals surface area (Å²) in [5.74, 6) is 0. The number of hydrogen-bond donors (Lipinski definition) is 1. The molecule has 0 atom stereocenters. The molecule has 3 heteroatoms. The molecule has 0 bridgehead atoms. The van der Waals surface area contributed by atoms with Crippen LogP contribution in [0, 0.1) is 0 Å². The number of hydrogen-bond acceptors (Lipinski definition) is 1. The highest BCUT2D eigenvalue weighted by atomic mass is 79.9. The van der Waals surface area contributed by atoms with Crippen LogP contribution in [-0.4, -0.2) is 13.1 Å². The Balaban J connectivity index is 2.28. The van der Waals surface area contributed by atoms with Gasteiger partial charge in [-0.25, -0.2) is 0 Å². The highest BCUT2D eigenvalue weighted by Gasteiger charge is 1.98. The van der Waals surface area contributed by atoms with Crippen LogP contribution in [0.2, 0.25) is 5.02 Å². The van der Waals surface area contributed by atoms with Gasteiger partial charge in [-0.1, -0.05) is 24.6 Å². The molecule has 0 aliphatic rings. The van der Waals surface area contributed by atoms with Crippen molar-refractivity contribution in [3.8, 4) is 0 Å². The van der Waals surface area contributed by atoms with Gasteiger partial charge in [-0.05, 0) is 66.0 Å². The maximum atomic E-state index is 6.02. The van der Waals surface area contributed by atoms with E-state index in [-0.39, 0.29) is 0 Å². The molecular formula is C12H17BrClN. The van der Waals surface area contributed by atoms with Crippen LogP contribution in [0.1, 0.15) is 25.3 Å². The number of benzene rings is 1. The van der Waals surface area contributed by atoms with Gasteiger partial charge < -0.3 is 5.32 Å². The van der Waals surface area contributed by atoms with Crippen LogP contribution in [0.5, 0.6) is 0 Å². The van der Waals surface area contributed by atoms with Crippen LogP contribution in [0.25, 0.3) is 0 Å². The smallest absolute Gasteiger partial charge is 0.0550 e. The topological polar surface area (TPSA) is 12.0 Å². The third kappa shape index (κ3) is 5.01. The van der Waals surface area contributed by atoms with E-state index in [4.69, 9.17) is 11.6 Å². The van der Waals surface area contributed by atoms with E-state index in [1.807, 2.05) is 12.1 Å². The first-order valence-electron chi connectivity index (χ1n) is 5.38. The minimum atomic E-state index is 0.805. The molecule has 0 aliphatic carbocycles. The Labute approximate surface area is 105 Å².